The van der Waals surface area contributed by atoms with Crippen LogP contribution in [-0.2, 0) is 17.7 Å². The zero-order valence-corrected chi connectivity index (χ0v) is 13.6. The third kappa shape index (κ3) is 3.61. The maximum atomic E-state index is 6.13. The number of aromatic nitrogens is 2. The van der Waals surface area contributed by atoms with E-state index in [1.54, 1.807) is 0 Å². The molecule has 2 atom stereocenters. The van der Waals surface area contributed by atoms with Crippen LogP contribution in [0.5, 0.6) is 0 Å². The molecule has 1 aromatic rings. The lowest BCUT2D eigenvalue weighted by Crippen LogP contribution is -2.32. The lowest BCUT2D eigenvalue weighted by Gasteiger charge is -2.16. The second kappa shape index (κ2) is 6.72. The Balaban J connectivity index is 1.89. The Morgan fingerprint density at radius 1 is 1.30 bits per heavy atom. The van der Waals surface area contributed by atoms with Gasteiger partial charge >= 0.3 is 0 Å². The standard InChI is InChI=1S/C16H29N3O/c1-6-16-12(4)18-19(13(16)5)10-15-8-7-14(20-15)9-17-11(2)3/h11,14-15,17H,6-10H2,1-5H3. The summed E-state index contributed by atoms with van der Waals surface area (Å²) in [4.78, 5) is 0. The molecule has 0 saturated carbocycles. The molecule has 1 aromatic heterocycles. The van der Waals surface area contributed by atoms with E-state index in [2.05, 4.69) is 49.7 Å². The van der Waals surface area contributed by atoms with Crippen molar-refractivity contribution in [3.8, 4) is 0 Å². The van der Waals surface area contributed by atoms with Crippen molar-refractivity contribution in [3.05, 3.63) is 17.0 Å². The molecule has 0 aromatic carbocycles. The predicted octanol–water partition coefficient (Wildman–Crippen LogP) is 2.61. The molecule has 2 rings (SSSR count). The first-order valence-electron chi connectivity index (χ1n) is 7.93. The third-order valence-corrected chi connectivity index (χ3v) is 4.21. The maximum Gasteiger partial charge on any atom is 0.0776 e. The monoisotopic (exact) mass is 279 g/mol. The van der Waals surface area contributed by atoms with Crippen molar-refractivity contribution in [1.82, 2.24) is 15.1 Å². The SMILES string of the molecule is CCc1c(C)nn(CC2CCC(CNC(C)C)O2)c1C. The molecular formula is C16H29N3O. The van der Waals surface area contributed by atoms with E-state index in [4.69, 9.17) is 4.74 Å². The molecule has 1 fully saturated rings. The smallest absolute Gasteiger partial charge is 0.0776 e. The molecule has 2 unspecified atom stereocenters. The topological polar surface area (TPSA) is 39.1 Å². The van der Waals surface area contributed by atoms with E-state index in [9.17, 15) is 0 Å². The Bertz CT molecular complexity index is 439. The van der Waals surface area contributed by atoms with Gasteiger partial charge in [-0.25, -0.2) is 0 Å². The lowest BCUT2D eigenvalue weighted by atomic mass is 10.1. The number of nitrogens with zero attached hydrogens (tertiary/aromatic N) is 2. The third-order valence-electron chi connectivity index (χ3n) is 4.21. The number of rotatable bonds is 6. The highest BCUT2D eigenvalue weighted by molar-refractivity contribution is 5.24. The van der Waals surface area contributed by atoms with Crippen LogP contribution in [0.25, 0.3) is 0 Å². The Kier molecular flexibility index (Phi) is 5.22. The van der Waals surface area contributed by atoms with E-state index in [1.807, 2.05) is 0 Å². The Morgan fingerprint density at radius 2 is 2.00 bits per heavy atom. The van der Waals surface area contributed by atoms with Crippen molar-refractivity contribution in [2.24, 2.45) is 0 Å². The second-order valence-electron chi connectivity index (χ2n) is 6.21. The average Bonchev–Trinajstić information content (AvgIpc) is 2.93. The number of hydrogen-bond donors (Lipinski definition) is 1. The largest absolute Gasteiger partial charge is 0.372 e. The van der Waals surface area contributed by atoms with Gasteiger partial charge in [0.05, 0.1) is 24.4 Å². The van der Waals surface area contributed by atoms with Gasteiger partial charge in [0.25, 0.3) is 0 Å². The fraction of sp³-hybridized carbons (Fsp3) is 0.812. The van der Waals surface area contributed by atoms with Crippen molar-refractivity contribution in [2.45, 2.75) is 78.7 Å². The number of aryl methyl sites for hydroxylation is 1. The zero-order chi connectivity index (χ0) is 14.7. The van der Waals surface area contributed by atoms with Crippen LogP contribution in [0.2, 0.25) is 0 Å². The molecule has 4 heteroatoms. The van der Waals surface area contributed by atoms with Crippen LogP contribution >= 0.6 is 0 Å². The summed E-state index contributed by atoms with van der Waals surface area (Å²) in [5, 5.41) is 8.12. The van der Waals surface area contributed by atoms with Crippen LogP contribution in [0.1, 0.15) is 50.6 Å². The van der Waals surface area contributed by atoms with E-state index < -0.39 is 0 Å². The van der Waals surface area contributed by atoms with Crippen molar-refractivity contribution in [2.75, 3.05) is 6.54 Å². The Morgan fingerprint density at radius 3 is 2.60 bits per heavy atom. The van der Waals surface area contributed by atoms with Gasteiger partial charge in [-0.3, -0.25) is 4.68 Å². The summed E-state index contributed by atoms with van der Waals surface area (Å²) in [5.41, 5.74) is 3.86. The van der Waals surface area contributed by atoms with Crippen LogP contribution in [0.3, 0.4) is 0 Å². The summed E-state index contributed by atoms with van der Waals surface area (Å²) in [7, 11) is 0. The minimum absolute atomic E-state index is 0.316. The normalized spacial score (nSPS) is 22.9. The molecule has 2 heterocycles. The number of hydrogen-bond acceptors (Lipinski definition) is 3. The Labute approximate surface area is 122 Å². The molecule has 1 N–H and O–H groups in total. The minimum atomic E-state index is 0.316. The summed E-state index contributed by atoms with van der Waals surface area (Å²) in [6.07, 6.45) is 4.04. The molecule has 0 amide bonds. The van der Waals surface area contributed by atoms with E-state index in [0.29, 0.717) is 18.2 Å². The van der Waals surface area contributed by atoms with E-state index in [1.165, 1.54) is 17.0 Å². The lowest BCUT2D eigenvalue weighted by molar-refractivity contribution is 0.0329. The molecule has 20 heavy (non-hydrogen) atoms. The predicted molar refractivity (Wildman–Crippen MR) is 82.1 cm³/mol. The van der Waals surface area contributed by atoms with Gasteiger partial charge < -0.3 is 10.1 Å². The first kappa shape index (κ1) is 15.5. The number of ether oxygens (including phenoxy) is 1. The summed E-state index contributed by atoms with van der Waals surface area (Å²) < 4.78 is 8.27. The first-order valence-corrected chi connectivity index (χ1v) is 7.93. The zero-order valence-electron chi connectivity index (χ0n) is 13.6. The molecular weight excluding hydrogens is 250 g/mol. The van der Waals surface area contributed by atoms with Gasteiger partial charge in [-0.1, -0.05) is 20.8 Å². The molecule has 114 valence electrons. The van der Waals surface area contributed by atoms with Crippen LogP contribution < -0.4 is 5.32 Å². The number of nitrogens with one attached hydrogen (secondary N) is 1. The van der Waals surface area contributed by atoms with Gasteiger partial charge in [0.15, 0.2) is 0 Å². The molecule has 0 aliphatic carbocycles. The highest BCUT2D eigenvalue weighted by atomic mass is 16.5. The molecule has 0 bridgehead atoms. The van der Waals surface area contributed by atoms with Gasteiger partial charge in [-0.05, 0) is 38.7 Å². The summed E-state index contributed by atoms with van der Waals surface area (Å²) in [5.74, 6) is 0. The molecule has 1 aliphatic rings. The van der Waals surface area contributed by atoms with Crippen LogP contribution in [0.4, 0.5) is 0 Å². The summed E-state index contributed by atoms with van der Waals surface area (Å²) in [6, 6.07) is 0.528. The minimum Gasteiger partial charge on any atom is -0.372 e. The van der Waals surface area contributed by atoms with E-state index in [-0.39, 0.29) is 0 Å². The van der Waals surface area contributed by atoms with Crippen molar-refractivity contribution >= 4 is 0 Å². The van der Waals surface area contributed by atoms with Crippen molar-refractivity contribution in [1.29, 1.82) is 0 Å². The first-order chi connectivity index (χ1) is 9.51. The molecule has 0 spiro atoms. The summed E-state index contributed by atoms with van der Waals surface area (Å²) >= 11 is 0. The fourth-order valence-corrected chi connectivity index (χ4v) is 3.05. The van der Waals surface area contributed by atoms with Crippen LogP contribution in [0, 0.1) is 13.8 Å². The average molecular weight is 279 g/mol. The van der Waals surface area contributed by atoms with Gasteiger partial charge in [0.1, 0.15) is 0 Å². The molecule has 4 nitrogen and oxygen atoms in total. The van der Waals surface area contributed by atoms with Crippen molar-refractivity contribution in [3.63, 3.8) is 0 Å². The fourth-order valence-electron chi connectivity index (χ4n) is 3.05. The second-order valence-corrected chi connectivity index (χ2v) is 6.21. The van der Waals surface area contributed by atoms with E-state index in [0.717, 1.165) is 32.4 Å². The van der Waals surface area contributed by atoms with Gasteiger partial charge in [-0.2, -0.15) is 5.10 Å². The van der Waals surface area contributed by atoms with Gasteiger partial charge in [-0.15, -0.1) is 0 Å². The quantitative estimate of drug-likeness (QED) is 0.870. The van der Waals surface area contributed by atoms with E-state index >= 15 is 0 Å². The molecule has 1 saturated heterocycles. The summed E-state index contributed by atoms with van der Waals surface area (Å²) in [6.45, 7) is 12.7. The molecule has 1 aliphatic heterocycles. The highest BCUT2D eigenvalue weighted by Crippen LogP contribution is 2.22. The van der Waals surface area contributed by atoms with Crippen molar-refractivity contribution < 1.29 is 4.74 Å². The van der Waals surface area contributed by atoms with Gasteiger partial charge in [0.2, 0.25) is 0 Å². The van der Waals surface area contributed by atoms with Crippen LogP contribution in [-0.4, -0.2) is 34.6 Å². The highest BCUT2D eigenvalue weighted by Gasteiger charge is 2.26. The maximum absolute atomic E-state index is 6.13. The molecule has 0 radical (unpaired) electrons. The van der Waals surface area contributed by atoms with Gasteiger partial charge in [0, 0.05) is 18.3 Å². The van der Waals surface area contributed by atoms with Crippen LogP contribution in [0.15, 0.2) is 0 Å². The Hall–Kier alpha value is -0.870.